The molecule has 48 heavy (non-hydrogen) atoms. The third-order valence-corrected chi connectivity index (χ3v) is 10.7. The maximum atomic E-state index is 5.94. The van der Waals surface area contributed by atoms with Gasteiger partial charge in [0, 0.05) is 0 Å². The van der Waals surface area contributed by atoms with E-state index >= 15 is 0 Å². The molecule has 0 nitrogen and oxygen atoms in total. The summed E-state index contributed by atoms with van der Waals surface area (Å²) in [6, 6.07) is 31.1. The van der Waals surface area contributed by atoms with Crippen molar-refractivity contribution >= 4 is 94.4 Å². The average Bonchev–Trinajstić information content (AvgIpc) is 3.71. The first-order chi connectivity index (χ1) is 22.2. The monoisotopic (exact) mass is 830 g/mol. The molecule has 0 saturated carbocycles. The molecule has 0 heterocycles. The van der Waals surface area contributed by atoms with Gasteiger partial charge in [-0.25, -0.2) is 12.2 Å². The Balaban J connectivity index is 0.000000189. The topological polar surface area (TPSA) is 0 Å². The van der Waals surface area contributed by atoms with E-state index in [4.69, 9.17) is 69.6 Å². The molecule has 6 rings (SSSR count). The normalized spacial score (nSPS) is 13.3. The van der Waals surface area contributed by atoms with E-state index in [0.717, 1.165) is 20.8 Å². The van der Waals surface area contributed by atoms with E-state index in [2.05, 4.69) is 96.2 Å². The number of hydrogen-bond donors (Lipinski definition) is 0. The molecule has 0 amide bonds. The van der Waals surface area contributed by atoms with Crippen LogP contribution in [-0.4, -0.2) is 3.21 Å². The van der Waals surface area contributed by atoms with Gasteiger partial charge in [-0.15, -0.1) is 46.2 Å². The maximum absolute atomic E-state index is 5.94. The van der Waals surface area contributed by atoms with Gasteiger partial charge in [-0.3, -0.25) is 6.08 Å². The van der Waals surface area contributed by atoms with Gasteiger partial charge < -0.3 is 0 Å². The third-order valence-electron chi connectivity index (χ3n) is 7.98. The number of halogens is 6. The summed E-state index contributed by atoms with van der Waals surface area (Å²) in [5, 5.41) is 5.49. The fraction of sp³-hybridized carbons (Fsp3) is 0.268. The fourth-order valence-corrected chi connectivity index (χ4v) is 6.61. The first-order valence-electron chi connectivity index (χ1n) is 15.5. The minimum Gasteiger partial charge on any atom is -0.273 e. The molecule has 0 N–H and O–H groups in total. The summed E-state index contributed by atoms with van der Waals surface area (Å²) in [5.41, 5.74) is 6.39. The van der Waals surface area contributed by atoms with Crippen LogP contribution in [0, 0.1) is 6.08 Å². The van der Waals surface area contributed by atoms with Gasteiger partial charge in [0.2, 0.25) is 0 Å². The zero-order valence-corrected chi connectivity index (χ0v) is 34.9. The maximum Gasteiger partial charge on any atom is -0.109 e. The predicted octanol–water partition coefficient (Wildman–Crippen LogP) is 14.1. The molecular weight excluding hydrogens is 796 g/mol. The molecule has 0 radical (unpaired) electrons. The zero-order chi connectivity index (χ0) is 35.5. The number of hydrogen-bond acceptors (Lipinski definition) is 0. The van der Waals surface area contributed by atoms with Crippen LogP contribution < -0.4 is 0 Å². The van der Waals surface area contributed by atoms with Crippen LogP contribution in [0.4, 0.5) is 0 Å². The summed E-state index contributed by atoms with van der Waals surface area (Å²) in [7, 11) is 0. The molecule has 0 spiro atoms. The summed E-state index contributed by atoms with van der Waals surface area (Å²) in [5.74, 6) is 0. The minimum absolute atomic E-state index is 0.194. The Bertz CT molecular complexity index is 1820. The summed E-state index contributed by atoms with van der Waals surface area (Å²) >= 11 is 36.9. The average molecular weight is 835 g/mol. The molecular formula is C41H38Cl6Zr. The quantitative estimate of drug-likeness (QED) is 0.123. The Kier molecular flexibility index (Phi) is 13.1. The van der Waals surface area contributed by atoms with Crippen LogP contribution in [0.5, 0.6) is 0 Å². The summed E-state index contributed by atoms with van der Waals surface area (Å²) < 4.78 is -1.82. The third kappa shape index (κ3) is 10.6. The van der Waals surface area contributed by atoms with Crippen molar-refractivity contribution in [3.05, 3.63) is 149 Å². The minimum atomic E-state index is -1.45. The van der Waals surface area contributed by atoms with Gasteiger partial charge in [0.1, 0.15) is 0 Å². The Morgan fingerprint density at radius 3 is 1.35 bits per heavy atom. The van der Waals surface area contributed by atoms with E-state index in [-0.39, 0.29) is 10.8 Å². The second kappa shape index (κ2) is 15.9. The first-order valence-corrected chi connectivity index (χ1v) is 19.0. The molecule has 5 aromatic carbocycles. The Labute approximate surface area is 330 Å². The zero-order valence-electron chi connectivity index (χ0n) is 27.9. The molecule has 0 aliphatic heterocycles. The van der Waals surface area contributed by atoms with Crippen LogP contribution in [-0.2, 0) is 42.7 Å². The smallest absolute Gasteiger partial charge is 0.109 e. The van der Waals surface area contributed by atoms with E-state index in [1.807, 2.05) is 48.6 Å². The van der Waals surface area contributed by atoms with Crippen molar-refractivity contribution in [2.45, 2.75) is 66.4 Å². The van der Waals surface area contributed by atoms with Crippen LogP contribution >= 0.6 is 69.6 Å². The molecule has 0 fully saturated rings. The molecule has 7 heteroatoms. The van der Waals surface area contributed by atoms with E-state index < -0.39 is 7.59 Å². The molecule has 248 valence electrons. The van der Waals surface area contributed by atoms with Gasteiger partial charge >= 0.3 is 175 Å². The van der Waals surface area contributed by atoms with Crippen molar-refractivity contribution in [1.29, 1.82) is 0 Å². The van der Waals surface area contributed by atoms with Crippen molar-refractivity contribution in [2.75, 3.05) is 0 Å². The van der Waals surface area contributed by atoms with Crippen LogP contribution in [0.1, 0.15) is 81.3 Å². The Morgan fingerprint density at radius 1 is 0.604 bits per heavy atom. The van der Waals surface area contributed by atoms with E-state index in [0.29, 0.717) is 11.1 Å². The Morgan fingerprint density at radius 2 is 1.04 bits per heavy atom. The molecule has 0 bridgehead atoms. The summed E-state index contributed by atoms with van der Waals surface area (Å²) in [6.45, 7) is 13.7. The van der Waals surface area contributed by atoms with Crippen molar-refractivity contribution in [1.82, 2.24) is 0 Å². The molecule has 1 aliphatic rings. The summed E-state index contributed by atoms with van der Waals surface area (Å²) in [4.78, 5) is 0. The number of allylic oxidation sites excluding steroid dienone is 4. The molecule has 0 saturated heterocycles. The van der Waals surface area contributed by atoms with Crippen LogP contribution in [0.3, 0.4) is 0 Å². The van der Waals surface area contributed by atoms with Crippen molar-refractivity contribution < 1.29 is 24.2 Å². The number of benzene rings is 4. The van der Waals surface area contributed by atoms with Crippen LogP contribution in [0.15, 0.2) is 109 Å². The van der Waals surface area contributed by atoms with Gasteiger partial charge in [0.25, 0.3) is 0 Å². The van der Waals surface area contributed by atoms with Gasteiger partial charge in [0.05, 0.1) is 0 Å². The van der Waals surface area contributed by atoms with Crippen molar-refractivity contribution in [2.24, 2.45) is 0 Å². The molecule has 0 atom stereocenters. The first kappa shape index (κ1) is 39.5. The Hall–Kier alpha value is -1.28. The number of fused-ring (bicyclic) bond motifs is 3. The molecule has 0 aromatic heterocycles. The summed E-state index contributed by atoms with van der Waals surface area (Å²) in [6.07, 6.45) is 10.0. The SMILES string of the molecule is CC(C)(C)c1ccc2[cH-]c3ccc(C(C)(C)C)cc3c2c1.ClC(Cl)(Cl)c1cccc([C](=[Zr+2])c2cccc(C(Cl)(Cl)Cl)c2)c1.[C-]1=CC=CC1. The second-order valence-corrected chi connectivity index (χ2v) is 19.6. The predicted molar refractivity (Wildman–Crippen MR) is 211 cm³/mol. The van der Waals surface area contributed by atoms with Gasteiger partial charge in [-0.1, -0.05) is 76.9 Å². The number of rotatable bonds is 2. The largest absolute Gasteiger partial charge is 0.273 e. The van der Waals surface area contributed by atoms with Crippen molar-refractivity contribution in [3.63, 3.8) is 0 Å². The van der Waals surface area contributed by atoms with E-state index in [1.165, 1.54) is 56.9 Å². The molecule has 0 unspecified atom stereocenters. The van der Waals surface area contributed by atoms with Gasteiger partial charge in [0.15, 0.2) is 0 Å². The molecule has 5 aromatic rings. The van der Waals surface area contributed by atoms with Crippen LogP contribution in [0.2, 0.25) is 0 Å². The molecule has 1 aliphatic carbocycles. The van der Waals surface area contributed by atoms with E-state index in [9.17, 15) is 0 Å². The van der Waals surface area contributed by atoms with E-state index in [1.54, 1.807) is 12.1 Å². The van der Waals surface area contributed by atoms with Crippen molar-refractivity contribution in [3.8, 4) is 0 Å². The standard InChI is InChI=1S/C21H25.C15H8Cl6.C5H5.Zr/c1-20(2,3)16-9-7-14-11-15-8-10-17(21(4,5)6)13-19(15)18(14)12-16;16-14(17,18)12-5-1-3-10(8-12)7-11-4-2-6-13(9-11)15(19,20)21;1-2-4-5-3-1;/h7-13H,1-6H3;1-6,8-9H;1-3H,4H2;/q-1;;-1;+2. The van der Waals surface area contributed by atoms with Crippen LogP contribution in [0.25, 0.3) is 21.5 Å². The second-order valence-electron chi connectivity index (χ2n) is 13.8. The van der Waals surface area contributed by atoms with Gasteiger partial charge in [-0.05, 0) is 10.8 Å². The van der Waals surface area contributed by atoms with Gasteiger partial charge in [-0.2, -0.15) is 6.08 Å². The fourth-order valence-electron chi connectivity index (χ4n) is 5.14. The number of alkyl halides is 6.